The molecule has 2 radical (unpaired) electrons. The number of nitrogens with one attached hydrogen (secondary N) is 1. The fraction of sp³-hybridized carbons (Fsp3) is 0.400. The molecular weight excluding hydrogens is 147 g/mol. The van der Waals surface area contributed by atoms with Crippen molar-refractivity contribution in [3.8, 4) is 0 Å². The van der Waals surface area contributed by atoms with Gasteiger partial charge >= 0.3 is 6.36 Å². The van der Waals surface area contributed by atoms with E-state index in [4.69, 9.17) is 0 Å². The molecule has 1 aliphatic heterocycles. The largest absolute Gasteiger partial charge is 0.572 e. The second-order valence-corrected chi connectivity index (χ2v) is 1.61. The Kier molecular flexibility index (Phi) is 1.74. The van der Waals surface area contributed by atoms with Crippen molar-refractivity contribution >= 4 is 0 Å². The highest BCUT2D eigenvalue weighted by Crippen LogP contribution is 2.22. The first-order valence-corrected chi connectivity index (χ1v) is 2.51. The lowest BCUT2D eigenvalue weighted by Gasteiger charge is -2.06. The predicted molar refractivity (Wildman–Crippen MR) is 26.5 cm³/mol. The molecule has 0 fully saturated rings. The molecule has 0 aromatic rings. The van der Waals surface area contributed by atoms with E-state index in [1.165, 1.54) is 0 Å². The van der Waals surface area contributed by atoms with Gasteiger partial charge in [-0.2, -0.15) is 0 Å². The molecule has 1 N–H and O–H groups in total. The van der Waals surface area contributed by atoms with Gasteiger partial charge in [-0.1, -0.05) is 0 Å². The van der Waals surface area contributed by atoms with Crippen LogP contribution in [0.4, 0.5) is 13.2 Å². The predicted octanol–water partition coefficient (Wildman–Crippen LogP) is 1.05. The number of ether oxygens (including phenoxy) is 1. The summed E-state index contributed by atoms with van der Waals surface area (Å²) in [5.74, 6) is -0.299. The Morgan fingerprint density at radius 1 is 1.60 bits per heavy atom. The minimum absolute atomic E-state index is 0.269. The zero-order chi connectivity index (χ0) is 7.61. The average Bonchev–Trinajstić information content (AvgIpc) is 2.12. The summed E-state index contributed by atoms with van der Waals surface area (Å²) < 4.78 is 37.6. The maximum atomic E-state index is 11.4. The molecule has 5 heteroatoms. The van der Waals surface area contributed by atoms with Crippen LogP contribution in [0.1, 0.15) is 0 Å². The van der Waals surface area contributed by atoms with Crippen LogP contribution < -0.4 is 5.32 Å². The van der Waals surface area contributed by atoms with E-state index in [2.05, 4.69) is 16.5 Å². The SMILES string of the molecule is FC(F)(F)OC1=CNC[C]1. The van der Waals surface area contributed by atoms with Crippen LogP contribution in [0.2, 0.25) is 0 Å². The molecule has 0 aliphatic carbocycles. The lowest BCUT2D eigenvalue weighted by Crippen LogP contribution is -2.12. The molecule has 0 spiro atoms. The first-order chi connectivity index (χ1) is 4.58. The van der Waals surface area contributed by atoms with Gasteiger partial charge in [0, 0.05) is 12.7 Å². The van der Waals surface area contributed by atoms with Gasteiger partial charge in [-0.05, 0) is 0 Å². The fourth-order valence-electron chi connectivity index (χ4n) is 0.523. The standard InChI is InChI=1S/C5H4F3NO/c6-5(7,8)10-4-1-2-9-3-4/h3,9H,2H2. The first-order valence-electron chi connectivity index (χ1n) is 2.51. The van der Waals surface area contributed by atoms with Gasteiger partial charge in [-0.15, -0.1) is 13.2 Å². The summed E-state index contributed by atoms with van der Waals surface area (Å²) in [6.45, 7) is 0.269. The molecule has 1 rings (SSSR count). The maximum absolute atomic E-state index is 11.4. The summed E-state index contributed by atoms with van der Waals surface area (Å²) in [6.07, 6.45) is -1.17. The molecule has 0 bridgehead atoms. The molecule has 0 aromatic carbocycles. The van der Waals surface area contributed by atoms with Gasteiger partial charge in [-0.3, -0.25) is 0 Å². The summed E-state index contributed by atoms with van der Waals surface area (Å²) in [7, 11) is 0. The van der Waals surface area contributed by atoms with Crippen molar-refractivity contribution in [1.29, 1.82) is 0 Å². The van der Waals surface area contributed by atoms with Gasteiger partial charge in [0.05, 0.1) is 6.42 Å². The van der Waals surface area contributed by atoms with Crippen molar-refractivity contribution in [3.05, 3.63) is 18.4 Å². The number of halogens is 3. The molecule has 0 amide bonds. The third-order valence-electron chi connectivity index (χ3n) is 0.824. The maximum Gasteiger partial charge on any atom is 0.572 e. The summed E-state index contributed by atoms with van der Waals surface area (Å²) in [6, 6.07) is 0. The third-order valence-corrected chi connectivity index (χ3v) is 0.824. The van der Waals surface area contributed by atoms with E-state index >= 15 is 0 Å². The van der Waals surface area contributed by atoms with Crippen LogP contribution in [-0.2, 0) is 4.74 Å². The topological polar surface area (TPSA) is 21.3 Å². The van der Waals surface area contributed by atoms with E-state index in [1.54, 1.807) is 0 Å². The molecule has 0 atom stereocenters. The highest BCUT2D eigenvalue weighted by Gasteiger charge is 2.32. The molecule has 0 aromatic heterocycles. The summed E-state index contributed by atoms with van der Waals surface area (Å²) in [5.41, 5.74) is 0. The monoisotopic (exact) mass is 151 g/mol. The summed E-state index contributed by atoms with van der Waals surface area (Å²) in [4.78, 5) is 0. The minimum atomic E-state index is -4.61. The van der Waals surface area contributed by atoms with Crippen molar-refractivity contribution in [3.63, 3.8) is 0 Å². The van der Waals surface area contributed by atoms with Gasteiger partial charge in [0.25, 0.3) is 0 Å². The number of alkyl halides is 3. The Morgan fingerprint density at radius 2 is 2.30 bits per heavy atom. The van der Waals surface area contributed by atoms with E-state index in [1.807, 2.05) is 0 Å². The van der Waals surface area contributed by atoms with Crippen LogP contribution in [0, 0.1) is 6.42 Å². The molecule has 10 heavy (non-hydrogen) atoms. The molecule has 1 aliphatic rings. The van der Waals surface area contributed by atoms with Gasteiger partial charge in [0.2, 0.25) is 0 Å². The van der Waals surface area contributed by atoms with Gasteiger partial charge in [-0.25, -0.2) is 0 Å². The lowest BCUT2D eigenvalue weighted by molar-refractivity contribution is -0.304. The van der Waals surface area contributed by atoms with Crippen LogP contribution in [0.5, 0.6) is 0 Å². The molecular formula is C5H4F3NO. The lowest BCUT2D eigenvalue weighted by atomic mass is 10.4. The Bertz CT molecular complexity index is 151. The number of hydrogen-bond acceptors (Lipinski definition) is 2. The van der Waals surface area contributed by atoms with Crippen LogP contribution in [0.15, 0.2) is 12.0 Å². The van der Waals surface area contributed by atoms with Crippen LogP contribution in [0.3, 0.4) is 0 Å². The van der Waals surface area contributed by atoms with Crippen LogP contribution in [-0.4, -0.2) is 12.9 Å². The second kappa shape index (κ2) is 2.40. The zero-order valence-corrected chi connectivity index (χ0v) is 4.83. The van der Waals surface area contributed by atoms with E-state index in [9.17, 15) is 13.2 Å². The molecule has 1 heterocycles. The van der Waals surface area contributed by atoms with E-state index in [0.29, 0.717) is 0 Å². The van der Waals surface area contributed by atoms with Gasteiger partial charge < -0.3 is 10.1 Å². The summed E-state index contributed by atoms with van der Waals surface area (Å²) in [5, 5.41) is 2.50. The average molecular weight is 151 g/mol. The second-order valence-electron chi connectivity index (χ2n) is 1.61. The van der Waals surface area contributed by atoms with Crippen molar-refractivity contribution in [2.45, 2.75) is 6.36 Å². The van der Waals surface area contributed by atoms with Crippen molar-refractivity contribution < 1.29 is 17.9 Å². The van der Waals surface area contributed by atoms with E-state index in [0.717, 1.165) is 6.20 Å². The highest BCUT2D eigenvalue weighted by molar-refractivity contribution is 5.12. The quantitative estimate of drug-likeness (QED) is 0.604. The Morgan fingerprint density at radius 3 is 2.70 bits per heavy atom. The zero-order valence-electron chi connectivity index (χ0n) is 4.83. The van der Waals surface area contributed by atoms with Gasteiger partial charge in [0.1, 0.15) is 5.76 Å². The first kappa shape index (κ1) is 7.24. The smallest absolute Gasteiger partial charge is 0.408 e. The van der Waals surface area contributed by atoms with Crippen LogP contribution in [0.25, 0.3) is 0 Å². The Labute approximate surface area is 55.7 Å². The molecule has 56 valence electrons. The minimum Gasteiger partial charge on any atom is -0.408 e. The molecule has 2 nitrogen and oxygen atoms in total. The third kappa shape index (κ3) is 2.16. The highest BCUT2D eigenvalue weighted by atomic mass is 19.4. The van der Waals surface area contributed by atoms with Crippen molar-refractivity contribution in [1.82, 2.24) is 5.32 Å². The summed E-state index contributed by atoms with van der Waals surface area (Å²) >= 11 is 0. The van der Waals surface area contributed by atoms with E-state index in [-0.39, 0.29) is 12.3 Å². The molecule has 0 saturated heterocycles. The number of rotatable bonds is 1. The van der Waals surface area contributed by atoms with Crippen LogP contribution >= 0.6 is 0 Å². The number of hydrogen-bond donors (Lipinski definition) is 1. The molecule has 0 saturated carbocycles. The van der Waals surface area contributed by atoms with E-state index < -0.39 is 6.36 Å². The van der Waals surface area contributed by atoms with Crippen molar-refractivity contribution in [2.75, 3.05) is 6.54 Å². The van der Waals surface area contributed by atoms with Gasteiger partial charge in [0.15, 0.2) is 0 Å². The van der Waals surface area contributed by atoms with Crippen molar-refractivity contribution in [2.24, 2.45) is 0 Å². The fourth-order valence-corrected chi connectivity index (χ4v) is 0.523. The normalized spacial score (nSPS) is 18.1. The molecule has 0 unspecified atom stereocenters. The Balaban J connectivity index is 2.38. The Hall–Kier alpha value is -0.870.